The molecule has 2 aromatic heterocycles. The Bertz CT molecular complexity index is 1480. The van der Waals surface area contributed by atoms with Crippen LogP contribution in [0.5, 0.6) is 5.75 Å². The molecular weight excluding hydrogens is 492 g/mol. The van der Waals surface area contributed by atoms with Crippen LogP contribution in [0.2, 0.25) is 0 Å². The van der Waals surface area contributed by atoms with Crippen molar-refractivity contribution in [3.63, 3.8) is 0 Å². The molecule has 0 radical (unpaired) electrons. The van der Waals surface area contributed by atoms with E-state index < -0.39 is 14.8 Å². The predicted molar refractivity (Wildman–Crippen MR) is 150 cm³/mol. The van der Waals surface area contributed by atoms with Crippen LogP contribution in [0.4, 0.5) is 0 Å². The van der Waals surface area contributed by atoms with Crippen LogP contribution in [-0.4, -0.2) is 35.8 Å². The molecule has 0 saturated heterocycles. The number of nitrogens with zero attached hydrogens (tertiary/aromatic N) is 2. The molecule has 8 nitrogen and oxygen atoms in total. The fourth-order valence-corrected chi connectivity index (χ4v) is 4.34. The zero-order valence-corrected chi connectivity index (χ0v) is 21.8. The van der Waals surface area contributed by atoms with Gasteiger partial charge in [0.05, 0.1) is 16.7 Å². The highest BCUT2D eigenvalue weighted by molar-refractivity contribution is 6.59. The van der Waals surface area contributed by atoms with Gasteiger partial charge >= 0.3 is 14.8 Å². The number of hydrogen-bond acceptors (Lipinski definition) is 5. The maximum atomic E-state index is 12.2. The minimum Gasteiger partial charge on any atom is -0.538 e. The van der Waals surface area contributed by atoms with Crippen molar-refractivity contribution in [1.29, 1.82) is 0 Å². The molecule has 4 aromatic rings. The summed E-state index contributed by atoms with van der Waals surface area (Å²) >= 11 is 0. The number of rotatable bonds is 11. The summed E-state index contributed by atoms with van der Waals surface area (Å²) in [6, 6.07) is 20.7. The van der Waals surface area contributed by atoms with Crippen LogP contribution in [0.1, 0.15) is 23.6 Å². The van der Waals surface area contributed by atoms with Crippen LogP contribution < -0.4 is 24.6 Å². The topological polar surface area (TPSA) is 107 Å². The van der Waals surface area contributed by atoms with E-state index in [1.165, 1.54) is 0 Å². The van der Waals surface area contributed by atoms with Crippen LogP contribution in [0.3, 0.4) is 0 Å². The molecule has 2 heterocycles. The highest BCUT2D eigenvalue weighted by atomic mass is 16.5. The number of para-hydroxylation sites is 1. The van der Waals surface area contributed by atoms with Gasteiger partial charge in [-0.05, 0) is 36.7 Å². The van der Waals surface area contributed by atoms with E-state index in [4.69, 9.17) is 4.65 Å². The largest absolute Gasteiger partial charge is 0.538 e. The highest BCUT2D eigenvalue weighted by Crippen LogP contribution is 2.20. The second kappa shape index (κ2) is 13.0. The Labute approximate surface area is 228 Å². The summed E-state index contributed by atoms with van der Waals surface area (Å²) in [5.41, 5.74) is 5.38. The van der Waals surface area contributed by atoms with Gasteiger partial charge in [0.25, 0.3) is 0 Å². The normalized spacial score (nSPS) is 10.6. The lowest BCUT2D eigenvalue weighted by molar-refractivity contribution is -0.689. The Hall–Kier alpha value is -4.24. The van der Waals surface area contributed by atoms with E-state index in [2.05, 4.69) is 11.9 Å². The zero-order valence-electron chi connectivity index (χ0n) is 21.8. The molecule has 39 heavy (non-hydrogen) atoms. The summed E-state index contributed by atoms with van der Waals surface area (Å²) in [6.45, 7) is 6.64. The van der Waals surface area contributed by atoms with Gasteiger partial charge in [0, 0.05) is 29.3 Å². The van der Waals surface area contributed by atoms with E-state index in [1.807, 2.05) is 88.5 Å². The number of hydrogen-bond donors (Lipinski definition) is 4. The van der Waals surface area contributed by atoms with Gasteiger partial charge in [0.15, 0.2) is 37.9 Å². The fourth-order valence-electron chi connectivity index (χ4n) is 4.34. The van der Waals surface area contributed by atoms with Gasteiger partial charge in [-0.25, -0.2) is 4.57 Å². The minimum absolute atomic E-state index is 0.212. The van der Waals surface area contributed by atoms with Gasteiger partial charge in [-0.3, -0.25) is 4.79 Å². The molecule has 10 heteroatoms. The highest BCUT2D eigenvalue weighted by Gasteiger charge is 2.19. The number of benzene rings is 2. The van der Waals surface area contributed by atoms with E-state index in [1.54, 1.807) is 19.1 Å². The summed E-state index contributed by atoms with van der Waals surface area (Å²) in [7, 11) is -1.96. The van der Waals surface area contributed by atoms with E-state index in [0.29, 0.717) is 36.4 Å². The molecule has 0 bridgehead atoms. The van der Waals surface area contributed by atoms with Crippen molar-refractivity contribution in [2.24, 2.45) is 0 Å². The number of pyridine rings is 2. The number of amides is 1. The van der Waals surface area contributed by atoms with Gasteiger partial charge in [0.1, 0.15) is 5.75 Å². The lowest BCUT2D eigenvalue weighted by Gasteiger charge is -2.10. The van der Waals surface area contributed by atoms with Crippen molar-refractivity contribution in [1.82, 2.24) is 5.32 Å². The first-order valence-corrected chi connectivity index (χ1v) is 12.6. The van der Waals surface area contributed by atoms with E-state index in [9.17, 15) is 19.9 Å². The van der Waals surface area contributed by atoms with Crippen LogP contribution >= 0.6 is 0 Å². The Morgan fingerprint density at radius 2 is 1.64 bits per heavy atom. The monoisotopic (exact) mass is 523 g/mol. The lowest BCUT2D eigenvalue weighted by atomic mass is 9.77. The predicted octanol–water partition coefficient (Wildman–Crippen LogP) is 0.535. The Morgan fingerprint density at radius 3 is 2.38 bits per heavy atom. The molecule has 0 aliphatic heterocycles. The summed E-state index contributed by atoms with van der Waals surface area (Å²) in [5.74, 6) is 0.383. The van der Waals surface area contributed by atoms with E-state index in [-0.39, 0.29) is 5.91 Å². The Balaban J connectivity index is 1.69. The van der Waals surface area contributed by atoms with Crippen molar-refractivity contribution < 1.29 is 33.7 Å². The molecule has 4 rings (SSSR count). The number of carbonyl (C=O) groups excluding carboxylic acids is 1. The summed E-state index contributed by atoms with van der Waals surface area (Å²) in [6.07, 6.45) is 7.91. The number of nitrogens with one attached hydrogen (secondary N) is 1. The fraction of sp³-hybridized carbons (Fsp3) is 0.138. The van der Waals surface area contributed by atoms with Crippen molar-refractivity contribution >= 4 is 26.2 Å². The van der Waals surface area contributed by atoms with Gasteiger partial charge in [-0.2, -0.15) is 4.57 Å². The Morgan fingerprint density at radius 1 is 0.949 bits per heavy atom. The number of carbonyl (C=O) groups is 1. The molecule has 0 fully saturated rings. The quantitative estimate of drug-likeness (QED) is 0.131. The molecule has 0 saturated carbocycles. The van der Waals surface area contributed by atoms with Crippen molar-refractivity contribution in [3.8, 4) is 16.9 Å². The van der Waals surface area contributed by atoms with Crippen molar-refractivity contribution in [3.05, 3.63) is 120 Å². The second-order valence-corrected chi connectivity index (χ2v) is 9.29. The van der Waals surface area contributed by atoms with E-state index >= 15 is 0 Å². The SMILES string of the molecule is C=C(C)C(=O)NCc1cc(-c2ccc[n+](Cc3ccccc3B(O)O)c2)c[n+](Cc2ccccc2OBO)c1. The maximum Gasteiger partial charge on any atom is 0.504 e. The molecule has 2 aromatic carbocycles. The summed E-state index contributed by atoms with van der Waals surface area (Å²) in [5, 5.41) is 31.7. The van der Waals surface area contributed by atoms with Crippen LogP contribution in [0.15, 0.2) is 104 Å². The standard InChI is InChI=1S/C29H30B2N3O5/c1-21(2)29(35)32-15-22-14-26(20-34(16-22)19-25-9-4-6-12-28(25)39-30-36)23-10-7-13-33(17-23)18-24-8-3-5-11-27(24)31(37)38/h3-14,16-17,20,30,36-38H,1,15,18-19H2,2H3/q+1/p+1. The van der Waals surface area contributed by atoms with E-state index in [0.717, 1.165) is 27.8 Å². The molecule has 196 valence electrons. The van der Waals surface area contributed by atoms with Crippen LogP contribution in [-0.2, 0) is 24.4 Å². The second-order valence-electron chi connectivity index (χ2n) is 9.29. The van der Waals surface area contributed by atoms with Crippen molar-refractivity contribution in [2.75, 3.05) is 0 Å². The average molecular weight is 523 g/mol. The molecule has 4 N–H and O–H groups in total. The molecular formula is C29H31B2N3O5+2. The third-order valence-electron chi connectivity index (χ3n) is 6.24. The van der Waals surface area contributed by atoms with Crippen LogP contribution in [0, 0.1) is 0 Å². The minimum atomic E-state index is -1.55. The number of aromatic nitrogens is 2. The zero-order chi connectivity index (χ0) is 27.8. The van der Waals surface area contributed by atoms with Crippen molar-refractivity contribution in [2.45, 2.75) is 26.6 Å². The molecule has 0 atom stereocenters. The maximum absolute atomic E-state index is 12.2. The first kappa shape index (κ1) is 27.8. The van der Waals surface area contributed by atoms with Gasteiger partial charge in [-0.15, -0.1) is 0 Å². The average Bonchev–Trinajstić information content (AvgIpc) is 2.93. The van der Waals surface area contributed by atoms with Gasteiger partial charge < -0.3 is 25.0 Å². The Kier molecular flexibility index (Phi) is 9.27. The molecule has 1 amide bonds. The molecule has 0 spiro atoms. The molecule has 0 unspecified atom stereocenters. The summed E-state index contributed by atoms with van der Waals surface area (Å²) < 4.78 is 9.40. The third-order valence-corrected chi connectivity index (χ3v) is 6.24. The first-order valence-electron chi connectivity index (χ1n) is 12.6. The van der Waals surface area contributed by atoms with Gasteiger partial charge in [0.2, 0.25) is 5.91 Å². The van der Waals surface area contributed by atoms with Crippen LogP contribution in [0.25, 0.3) is 11.1 Å². The van der Waals surface area contributed by atoms with Gasteiger partial charge in [-0.1, -0.05) is 43.0 Å². The molecule has 0 aliphatic carbocycles. The first-order chi connectivity index (χ1) is 18.8. The lowest BCUT2D eigenvalue weighted by Crippen LogP contribution is -2.40. The smallest absolute Gasteiger partial charge is 0.504 e. The summed E-state index contributed by atoms with van der Waals surface area (Å²) in [4.78, 5) is 12.2. The molecule has 0 aliphatic rings. The third kappa shape index (κ3) is 7.42.